The number of hydrogen-bond donors (Lipinski definition) is 0. The number of aromatic nitrogens is 2. The Labute approximate surface area is 119 Å². The molecule has 19 heavy (non-hydrogen) atoms. The summed E-state index contributed by atoms with van der Waals surface area (Å²) in [6, 6.07) is 6.02. The minimum Gasteiger partial charge on any atom is -0.494 e. The van der Waals surface area contributed by atoms with Crippen molar-refractivity contribution in [3.05, 3.63) is 24.0 Å². The average molecular weight is 281 g/mol. The lowest BCUT2D eigenvalue weighted by molar-refractivity contribution is 0.326. The van der Waals surface area contributed by atoms with Crippen LogP contribution in [-0.2, 0) is 11.4 Å². The number of halogens is 1. The Hall–Kier alpha value is -1.22. The number of alkyl halides is 1. The molecular weight excluding hydrogens is 260 g/mol. The van der Waals surface area contributed by atoms with Gasteiger partial charge in [0.15, 0.2) is 0 Å². The third-order valence-corrected chi connectivity index (χ3v) is 3.76. The highest BCUT2D eigenvalue weighted by Gasteiger charge is 2.25. The van der Waals surface area contributed by atoms with E-state index in [0.717, 1.165) is 35.4 Å². The van der Waals surface area contributed by atoms with Gasteiger partial charge in [0.05, 0.1) is 18.5 Å². The first-order valence-electron chi connectivity index (χ1n) is 6.66. The number of nitrogens with zero attached hydrogens (tertiary/aromatic N) is 2. The van der Waals surface area contributed by atoms with Crippen molar-refractivity contribution in [3.8, 4) is 5.75 Å². The van der Waals surface area contributed by atoms with E-state index in [2.05, 4.69) is 36.4 Å². The largest absolute Gasteiger partial charge is 0.494 e. The maximum atomic E-state index is 6.08. The van der Waals surface area contributed by atoms with Gasteiger partial charge in [-0.05, 0) is 32.4 Å². The molecule has 0 saturated heterocycles. The van der Waals surface area contributed by atoms with Crippen LogP contribution in [0.3, 0.4) is 0 Å². The molecule has 0 bridgehead atoms. The molecule has 1 aromatic carbocycles. The van der Waals surface area contributed by atoms with Gasteiger partial charge in [-0.1, -0.05) is 19.4 Å². The van der Waals surface area contributed by atoms with Gasteiger partial charge in [0.25, 0.3) is 0 Å². The quantitative estimate of drug-likeness (QED) is 0.763. The van der Waals surface area contributed by atoms with Crippen LogP contribution >= 0.6 is 11.6 Å². The highest BCUT2D eigenvalue weighted by atomic mass is 35.5. The van der Waals surface area contributed by atoms with Crippen LogP contribution in [-0.4, -0.2) is 16.7 Å². The minimum atomic E-state index is 0.0000874. The van der Waals surface area contributed by atoms with E-state index in [0.29, 0.717) is 5.88 Å². The first-order valence-corrected chi connectivity index (χ1v) is 7.19. The fourth-order valence-corrected chi connectivity index (χ4v) is 2.95. The third kappa shape index (κ3) is 2.44. The van der Waals surface area contributed by atoms with Crippen LogP contribution in [0.2, 0.25) is 0 Å². The summed E-state index contributed by atoms with van der Waals surface area (Å²) in [5.41, 5.74) is 1.98. The molecule has 0 N–H and O–H groups in total. The van der Waals surface area contributed by atoms with E-state index in [1.54, 1.807) is 7.11 Å². The first-order chi connectivity index (χ1) is 9.05. The van der Waals surface area contributed by atoms with Crippen LogP contribution in [0.25, 0.3) is 11.0 Å². The molecule has 3 nitrogen and oxygen atoms in total. The van der Waals surface area contributed by atoms with Gasteiger partial charge in [-0.2, -0.15) is 0 Å². The molecule has 0 atom stereocenters. The van der Waals surface area contributed by atoms with Crippen molar-refractivity contribution in [2.75, 3.05) is 7.11 Å². The van der Waals surface area contributed by atoms with Crippen LogP contribution in [0.15, 0.2) is 18.2 Å². The molecular formula is C15H21ClN2O. The van der Waals surface area contributed by atoms with Gasteiger partial charge in [-0.15, -0.1) is 11.6 Å². The Bertz CT molecular complexity index is 575. The zero-order chi connectivity index (χ0) is 14.0. The predicted molar refractivity (Wildman–Crippen MR) is 80.1 cm³/mol. The lowest BCUT2D eigenvalue weighted by atomic mass is 9.98. The van der Waals surface area contributed by atoms with E-state index in [1.165, 1.54) is 0 Å². The molecule has 0 radical (unpaired) electrons. The molecule has 0 fully saturated rings. The van der Waals surface area contributed by atoms with E-state index in [-0.39, 0.29) is 5.54 Å². The van der Waals surface area contributed by atoms with Gasteiger partial charge in [-0.25, -0.2) is 4.98 Å². The van der Waals surface area contributed by atoms with Crippen molar-refractivity contribution >= 4 is 22.6 Å². The lowest BCUT2D eigenvalue weighted by Gasteiger charge is -2.29. The highest BCUT2D eigenvalue weighted by Crippen LogP contribution is 2.33. The number of methoxy groups -OCH3 is 1. The molecule has 1 aromatic heterocycles. The molecule has 0 unspecified atom stereocenters. The number of rotatable bonds is 5. The molecule has 4 heteroatoms. The van der Waals surface area contributed by atoms with Gasteiger partial charge < -0.3 is 9.30 Å². The fraction of sp³-hybridized carbons (Fsp3) is 0.533. The lowest BCUT2D eigenvalue weighted by Crippen LogP contribution is -2.27. The number of para-hydroxylation sites is 1. The SMILES string of the molecule is CCCC(C)(C)n1c(CCl)nc2c(OC)cccc21. The van der Waals surface area contributed by atoms with Crippen molar-refractivity contribution in [1.82, 2.24) is 9.55 Å². The molecule has 0 aliphatic carbocycles. The summed E-state index contributed by atoms with van der Waals surface area (Å²) >= 11 is 6.08. The second-order valence-electron chi connectivity index (χ2n) is 5.39. The highest BCUT2D eigenvalue weighted by molar-refractivity contribution is 6.16. The van der Waals surface area contributed by atoms with E-state index in [9.17, 15) is 0 Å². The van der Waals surface area contributed by atoms with Gasteiger partial charge in [-0.3, -0.25) is 0 Å². The summed E-state index contributed by atoms with van der Waals surface area (Å²) in [4.78, 5) is 4.66. The van der Waals surface area contributed by atoms with E-state index in [4.69, 9.17) is 16.3 Å². The summed E-state index contributed by atoms with van der Waals surface area (Å²) in [7, 11) is 1.67. The second-order valence-corrected chi connectivity index (χ2v) is 5.65. The molecule has 0 amide bonds. The average Bonchev–Trinajstić information content (AvgIpc) is 2.77. The van der Waals surface area contributed by atoms with Crippen LogP contribution in [0.1, 0.15) is 39.4 Å². The molecule has 0 saturated carbocycles. The maximum Gasteiger partial charge on any atom is 0.146 e. The zero-order valence-corrected chi connectivity index (χ0v) is 12.8. The maximum absolute atomic E-state index is 6.08. The number of hydrogen-bond acceptors (Lipinski definition) is 2. The van der Waals surface area contributed by atoms with E-state index in [1.807, 2.05) is 12.1 Å². The fourth-order valence-electron chi connectivity index (χ4n) is 2.78. The minimum absolute atomic E-state index is 0.0000874. The molecule has 0 aliphatic rings. The number of benzene rings is 1. The van der Waals surface area contributed by atoms with Crippen molar-refractivity contribution in [2.24, 2.45) is 0 Å². The number of ether oxygens (including phenoxy) is 1. The smallest absolute Gasteiger partial charge is 0.146 e. The van der Waals surface area contributed by atoms with Gasteiger partial charge in [0.1, 0.15) is 17.1 Å². The Kier molecular flexibility index (Phi) is 4.04. The monoisotopic (exact) mass is 280 g/mol. The van der Waals surface area contributed by atoms with Crippen molar-refractivity contribution in [2.45, 2.75) is 45.0 Å². The Morgan fingerprint density at radius 2 is 2.11 bits per heavy atom. The summed E-state index contributed by atoms with van der Waals surface area (Å²) in [6.45, 7) is 6.65. The van der Waals surface area contributed by atoms with Crippen LogP contribution in [0, 0.1) is 0 Å². The summed E-state index contributed by atoms with van der Waals surface area (Å²) in [5, 5.41) is 0. The van der Waals surface area contributed by atoms with Gasteiger partial charge >= 0.3 is 0 Å². The molecule has 0 spiro atoms. The van der Waals surface area contributed by atoms with Crippen molar-refractivity contribution < 1.29 is 4.74 Å². The summed E-state index contributed by atoms with van der Waals surface area (Å²) < 4.78 is 7.65. The van der Waals surface area contributed by atoms with Crippen LogP contribution in [0.5, 0.6) is 5.75 Å². The first kappa shape index (κ1) is 14.2. The van der Waals surface area contributed by atoms with Crippen LogP contribution < -0.4 is 4.74 Å². The number of fused-ring (bicyclic) bond motifs is 1. The zero-order valence-electron chi connectivity index (χ0n) is 12.0. The summed E-state index contributed by atoms with van der Waals surface area (Å²) in [6.07, 6.45) is 2.21. The van der Waals surface area contributed by atoms with Crippen molar-refractivity contribution in [3.63, 3.8) is 0 Å². The second kappa shape index (κ2) is 5.41. The van der Waals surface area contributed by atoms with Crippen molar-refractivity contribution in [1.29, 1.82) is 0 Å². The standard InChI is InChI=1S/C15H21ClN2O/c1-5-9-15(2,3)18-11-7-6-8-12(19-4)14(11)17-13(18)10-16/h6-8H,5,9-10H2,1-4H3. The van der Waals surface area contributed by atoms with Gasteiger partial charge in [0.2, 0.25) is 0 Å². The van der Waals surface area contributed by atoms with E-state index >= 15 is 0 Å². The molecule has 1 heterocycles. The number of imidazole rings is 1. The Morgan fingerprint density at radius 3 is 2.68 bits per heavy atom. The Morgan fingerprint density at radius 1 is 1.37 bits per heavy atom. The molecule has 2 rings (SSSR count). The summed E-state index contributed by atoms with van der Waals surface area (Å²) in [5.74, 6) is 2.11. The van der Waals surface area contributed by atoms with Crippen LogP contribution in [0.4, 0.5) is 0 Å². The Balaban J connectivity index is 2.71. The van der Waals surface area contributed by atoms with E-state index < -0.39 is 0 Å². The normalized spacial score (nSPS) is 12.1. The van der Waals surface area contributed by atoms with Gasteiger partial charge in [0, 0.05) is 5.54 Å². The molecule has 0 aliphatic heterocycles. The topological polar surface area (TPSA) is 27.1 Å². The predicted octanol–water partition coefficient (Wildman–Crippen LogP) is 4.32. The third-order valence-electron chi connectivity index (χ3n) is 3.52. The molecule has 104 valence electrons. The molecule has 2 aromatic rings.